The Kier molecular flexibility index (Phi) is 6.30. The first kappa shape index (κ1) is 20.8. The van der Waals surface area contributed by atoms with Crippen molar-refractivity contribution in [2.24, 2.45) is 0 Å². The smallest absolute Gasteiger partial charge is 0.287 e. The summed E-state index contributed by atoms with van der Waals surface area (Å²) < 4.78 is 11.4. The van der Waals surface area contributed by atoms with Crippen molar-refractivity contribution < 1.29 is 18.8 Å². The number of halogens is 1. The van der Waals surface area contributed by atoms with Crippen LogP contribution in [-0.2, 0) is 6.54 Å². The molecule has 2 N–H and O–H groups in total. The van der Waals surface area contributed by atoms with Crippen molar-refractivity contribution in [2.45, 2.75) is 39.3 Å². The molecule has 3 aromatic rings. The van der Waals surface area contributed by atoms with E-state index in [9.17, 15) is 4.79 Å². The number of amides is 1. The molecular formula is C24H28ClN2O3+. The molecule has 0 unspecified atom stereocenters. The fourth-order valence-electron chi connectivity index (χ4n) is 4.16. The quantitative estimate of drug-likeness (QED) is 0.629. The zero-order valence-corrected chi connectivity index (χ0v) is 18.2. The van der Waals surface area contributed by atoms with Gasteiger partial charge in [-0.05, 0) is 44.2 Å². The SMILES string of the molecule is CCOc1ccc2oc(C(=O)NC3CC[NH+](Cc4ccc(Cl)cc4)CC3)c(C)c2c1. The number of furan rings is 1. The van der Waals surface area contributed by atoms with Gasteiger partial charge in [0.25, 0.3) is 5.91 Å². The van der Waals surface area contributed by atoms with E-state index in [0.29, 0.717) is 18.0 Å². The van der Waals surface area contributed by atoms with Crippen molar-refractivity contribution in [3.8, 4) is 5.75 Å². The fraction of sp³-hybridized carbons (Fsp3) is 0.375. The van der Waals surface area contributed by atoms with Crippen LogP contribution in [0.15, 0.2) is 46.9 Å². The van der Waals surface area contributed by atoms with E-state index in [1.54, 1.807) is 0 Å². The van der Waals surface area contributed by atoms with E-state index in [1.807, 2.05) is 44.2 Å². The monoisotopic (exact) mass is 427 g/mol. The highest BCUT2D eigenvalue weighted by molar-refractivity contribution is 6.30. The van der Waals surface area contributed by atoms with Crippen LogP contribution in [0, 0.1) is 6.92 Å². The number of quaternary nitrogens is 1. The Bertz CT molecular complexity index is 1020. The van der Waals surface area contributed by atoms with Crippen LogP contribution in [0.3, 0.4) is 0 Å². The van der Waals surface area contributed by atoms with Crippen molar-refractivity contribution in [1.82, 2.24) is 5.32 Å². The Morgan fingerprint density at radius 2 is 1.93 bits per heavy atom. The molecule has 1 amide bonds. The minimum absolute atomic E-state index is 0.132. The van der Waals surface area contributed by atoms with Gasteiger partial charge in [0.15, 0.2) is 5.76 Å². The highest BCUT2D eigenvalue weighted by Crippen LogP contribution is 2.29. The fourth-order valence-corrected chi connectivity index (χ4v) is 4.29. The molecule has 6 heteroatoms. The van der Waals surface area contributed by atoms with Gasteiger partial charge in [0.2, 0.25) is 0 Å². The van der Waals surface area contributed by atoms with Crippen LogP contribution in [0.2, 0.25) is 5.02 Å². The number of piperidine rings is 1. The van der Waals surface area contributed by atoms with Crippen LogP contribution in [0.25, 0.3) is 11.0 Å². The Morgan fingerprint density at radius 3 is 2.63 bits per heavy atom. The first-order valence-electron chi connectivity index (χ1n) is 10.6. The Hall–Kier alpha value is -2.50. The van der Waals surface area contributed by atoms with Crippen LogP contribution >= 0.6 is 11.6 Å². The molecule has 30 heavy (non-hydrogen) atoms. The van der Waals surface area contributed by atoms with Gasteiger partial charge >= 0.3 is 0 Å². The molecule has 2 heterocycles. The zero-order valence-electron chi connectivity index (χ0n) is 17.5. The molecule has 158 valence electrons. The molecule has 2 aromatic carbocycles. The molecule has 0 aliphatic carbocycles. The third-order valence-electron chi connectivity index (χ3n) is 5.82. The third kappa shape index (κ3) is 4.63. The van der Waals surface area contributed by atoms with Gasteiger partial charge in [-0.25, -0.2) is 0 Å². The number of hydrogen-bond acceptors (Lipinski definition) is 3. The lowest BCUT2D eigenvalue weighted by Gasteiger charge is -2.29. The van der Waals surface area contributed by atoms with Crippen LogP contribution in [0.1, 0.15) is 41.4 Å². The van der Waals surface area contributed by atoms with Gasteiger partial charge < -0.3 is 19.4 Å². The lowest BCUT2D eigenvalue weighted by molar-refractivity contribution is -0.918. The minimum atomic E-state index is -0.132. The number of benzene rings is 2. The summed E-state index contributed by atoms with van der Waals surface area (Å²) in [5.41, 5.74) is 2.86. The minimum Gasteiger partial charge on any atom is -0.494 e. The Balaban J connectivity index is 1.35. The summed E-state index contributed by atoms with van der Waals surface area (Å²) in [5, 5.41) is 4.87. The van der Waals surface area contributed by atoms with E-state index in [2.05, 4.69) is 17.4 Å². The second-order valence-electron chi connectivity index (χ2n) is 7.95. The molecule has 1 saturated heterocycles. The molecule has 1 aromatic heterocycles. The summed E-state index contributed by atoms with van der Waals surface area (Å²) in [4.78, 5) is 14.4. The van der Waals surface area contributed by atoms with E-state index in [0.717, 1.165) is 54.2 Å². The average molecular weight is 428 g/mol. The Labute approximate surface area is 181 Å². The molecule has 0 bridgehead atoms. The van der Waals surface area contributed by atoms with Crippen molar-refractivity contribution in [1.29, 1.82) is 0 Å². The normalized spacial score (nSPS) is 19.0. The van der Waals surface area contributed by atoms with Crippen LogP contribution in [-0.4, -0.2) is 31.6 Å². The predicted octanol–water partition coefficient (Wildman–Crippen LogP) is 3.77. The number of hydrogen-bond donors (Lipinski definition) is 2. The van der Waals surface area contributed by atoms with E-state index in [1.165, 1.54) is 10.5 Å². The van der Waals surface area contributed by atoms with Crippen LogP contribution in [0.4, 0.5) is 0 Å². The second kappa shape index (κ2) is 9.11. The molecule has 1 fully saturated rings. The summed E-state index contributed by atoms with van der Waals surface area (Å²) in [6, 6.07) is 13.9. The van der Waals surface area contributed by atoms with Gasteiger partial charge in [-0.15, -0.1) is 0 Å². The van der Waals surface area contributed by atoms with Gasteiger partial charge in [0.05, 0.1) is 19.7 Å². The summed E-state index contributed by atoms with van der Waals surface area (Å²) in [6.45, 7) is 7.54. The third-order valence-corrected chi connectivity index (χ3v) is 6.07. The number of ether oxygens (including phenoxy) is 1. The molecule has 0 saturated carbocycles. The number of carbonyl (C=O) groups excluding carboxylic acids is 1. The molecule has 4 rings (SSSR count). The molecule has 1 aliphatic rings. The van der Waals surface area contributed by atoms with Gasteiger partial charge in [-0.3, -0.25) is 4.79 Å². The van der Waals surface area contributed by atoms with Crippen molar-refractivity contribution in [2.75, 3.05) is 19.7 Å². The maximum Gasteiger partial charge on any atom is 0.287 e. The van der Waals surface area contributed by atoms with E-state index in [-0.39, 0.29) is 11.9 Å². The molecule has 5 nitrogen and oxygen atoms in total. The van der Waals surface area contributed by atoms with E-state index in [4.69, 9.17) is 20.8 Å². The predicted molar refractivity (Wildman–Crippen MR) is 118 cm³/mol. The van der Waals surface area contributed by atoms with Gasteiger partial charge in [0.1, 0.15) is 17.9 Å². The molecule has 0 atom stereocenters. The van der Waals surface area contributed by atoms with Crippen LogP contribution in [0.5, 0.6) is 5.75 Å². The highest BCUT2D eigenvalue weighted by Gasteiger charge is 2.26. The number of nitrogens with one attached hydrogen (secondary N) is 2. The Morgan fingerprint density at radius 1 is 1.20 bits per heavy atom. The van der Waals surface area contributed by atoms with Crippen molar-refractivity contribution in [3.63, 3.8) is 0 Å². The second-order valence-corrected chi connectivity index (χ2v) is 8.38. The van der Waals surface area contributed by atoms with Crippen molar-refractivity contribution in [3.05, 3.63) is 64.4 Å². The standard InChI is InChI=1S/C24H27ClN2O3/c1-3-29-20-8-9-22-21(14-20)16(2)23(30-22)24(28)26-19-10-12-27(13-11-19)15-17-4-6-18(25)7-5-17/h4-9,14,19H,3,10-13,15H2,1-2H3,(H,26,28)/p+1. The lowest BCUT2D eigenvalue weighted by atomic mass is 10.0. The maximum absolute atomic E-state index is 12.9. The molecule has 0 radical (unpaired) electrons. The topological polar surface area (TPSA) is 55.9 Å². The van der Waals surface area contributed by atoms with E-state index >= 15 is 0 Å². The zero-order chi connectivity index (χ0) is 21.1. The number of likely N-dealkylation sites (tertiary alicyclic amines) is 1. The first-order valence-corrected chi connectivity index (χ1v) is 11.0. The van der Waals surface area contributed by atoms with Gasteiger partial charge in [-0.2, -0.15) is 0 Å². The number of carbonyl (C=O) groups is 1. The van der Waals surface area contributed by atoms with Gasteiger partial charge in [-0.1, -0.05) is 23.7 Å². The largest absolute Gasteiger partial charge is 0.494 e. The maximum atomic E-state index is 12.9. The molecule has 0 spiro atoms. The molecule has 1 aliphatic heterocycles. The lowest BCUT2D eigenvalue weighted by Crippen LogP contribution is -3.12. The average Bonchev–Trinajstić information content (AvgIpc) is 3.08. The summed E-state index contributed by atoms with van der Waals surface area (Å²) in [6.07, 6.45) is 1.92. The summed E-state index contributed by atoms with van der Waals surface area (Å²) >= 11 is 5.97. The van der Waals surface area contributed by atoms with E-state index < -0.39 is 0 Å². The summed E-state index contributed by atoms with van der Waals surface area (Å²) in [5.74, 6) is 1.05. The van der Waals surface area contributed by atoms with Gasteiger partial charge in [0, 0.05) is 40.4 Å². The highest BCUT2D eigenvalue weighted by atomic mass is 35.5. The molecular weight excluding hydrogens is 400 g/mol. The first-order chi connectivity index (χ1) is 14.5. The van der Waals surface area contributed by atoms with Crippen LogP contribution < -0.4 is 15.0 Å². The summed E-state index contributed by atoms with van der Waals surface area (Å²) in [7, 11) is 0. The number of fused-ring (bicyclic) bond motifs is 1. The number of rotatable bonds is 6. The van der Waals surface area contributed by atoms with Crippen molar-refractivity contribution >= 4 is 28.5 Å². The number of aryl methyl sites for hydroxylation is 1.